The van der Waals surface area contributed by atoms with E-state index < -0.39 is 0 Å². The van der Waals surface area contributed by atoms with Gasteiger partial charge in [0.25, 0.3) is 0 Å². The van der Waals surface area contributed by atoms with E-state index in [4.69, 9.17) is 14.2 Å². The van der Waals surface area contributed by atoms with E-state index in [0.29, 0.717) is 24.1 Å². The van der Waals surface area contributed by atoms with Crippen molar-refractivity contribution in [3.05, 3.63) is 96.8 Å². The van der Waals surface area contributed by atoms with E-state index in [0.717, 1.165) is 22.4 Å². The third-order valence-corrected chi connectivity index (χ3v) is 4.31. The highest BCUT2D eigenvalue weighted by molar-refractivity contribution is 5.73. The maximum Gasteiger partial charge on any atom is 0.227 e. The van der Waals surface area contributed by atoms with Crippen LogP contribution < -0.4 is 14.2 Å². The molecule has 0 fully saturated rings. The number of hydrogen-bond acceptors (Lipinski definition) is 5. The minimum Gasteiger partial charge on any atom is -0.489 e. The molecule has 0 unspecified atom stereocenters. The van der Waals surface area contributed by atoms with E-state index in [1.54, 1.807) is 19.5 Å². The van der Waals surface area contributed by atoms with Crippen LogP contribution in [0.3, 0.4) is 0 Å². The molecule has 0 radical (unpaired) electrons. The molecule has 144 valence electrons. The minimum absolute atomic E-state index is 0.483. The number of nitrogens with zero attached hydrogens (tertiary/aromatic N) is 2. The fourth-order valence-corrected chi connectivity index (χ4v) is 2.89. The molecule has 0 aliphatic carbocycles. The van der Waals surface area contributed by atoms with Crippen molar-refractivity contribution in [3.63, 3.8) is 0 Å². The predicted molar refractivity (Wildman–Crippen MR) is 111 cm³/mol. The summed E-state index contributed by atoms with van der Waals surface area (Å²) in [5.41, 5.74) is 2.75. The zero-order valence-corrected chi connectivity index (χ0v) is 16.0. The number of pyridine rings is 2. The summed E-state index contributed by atoms with van der Waals surface area (Å²) in [6.07, 6.45) is 3.38. The van der Waals surface area contributed by atoms with Crippen molar-refractivity contribution in [2.45, 2.75) is 6.61 Å². The summed E-state index contributed by atoms with van der Waals surface area (Å²) in [6.45, 7) is 0.520. The molecular weight excluding hydrogens is 364 g/mol. The van der Waals surface area contributed by atoms with Gasteiger partial charge in [-0.25, -0.2) is 9.97 Å². The quantitative estimate of drug-likeness (QED) is 0.420. The van der Waals surface area contributed by atoms with Crippen LogP contribution in [0.15, 0.2) is 91.3 Å². The van der Waals surface area contributed by atoms with Crippen LogP contribution in [0.25, 0.3) is 11.1 Å². The normalized spacial score (nSPS) is 10.4. The molecular formula is C24H20N2O3. The molecule has 5 nitrogen and oxygen atoms in total. The minimum atomic E-state index is 0.483. The second kappa shape index (κ2) is 8.89. The Labute approximate surface area is 169 Å². The molecule has 0 saturated carbocycles. The third kappa shape index (κ3) is 4.52. The van der Waals surface area contributed by atoms with Crippen molar-refractivity contribution in [1.82, 2.24) is 9.97 Å². The Morgan fingerprint density at radius 1 is 0.655 bits per heavy atom. The van der Waals surface area contributed by atoms with Crippen molar-refractivity contribution >= 4 is 0 Å². The van der Waals surface area contributed by atoms with E-state index >= 15 is 0 Å². The van der Waals surface area contributed by atoms with Crippen LogP contribution in [-0.2, 0) is 6.61 Å². The first-order chi connectivity index (χ1) is 14.3. The van der Waals surface area contributed by atoms with Gasteiger partial charge in [0.1, 0.15) is 18.1 Å². The Hall–Kier alpha value is -3.86. The van der Waals surface area contributed by atoms with Crippen molar-refractivity contribution in [2.24, 2.45) is 0 Å². The summed E-state index contributed by atoms with van der Waals surface area (Å²) < 4.78 is 17.2. The van der Waals surface area contributed by atoms with Crippen molar-refractivity contribution in [2.75, 3.05) is 7.11 Å². The lowest BCUT2D eigenvalue weighted by Crippen LogP contribution is -1.96. The van der Waals surface area contributed by atoms with Crippen LogP contribution in [0.4, 0.5) is 0 Å². The standard InChI is InChI=1S/C24H20N2O3/c1-27-23-21(9-5-15-25-23)22-10-6-16-26-24(22)29-20-13-11-19(12-14-20)28-17-18-7-3-2-4-8-18/h2-16H,17H2,1H3. The molecule has 29 heavy (non-hydrogen) atoms. The van der Waals surface area contributed by atoms with E-state index in [1.807, 2.05) is 78.9 Å². The van der Waals surface area contributed by atoms with E-state index in [1.165, 1.54) is 0 Å². The highest BCUT2D eigenvalue weighted by Gasteiger charge is 2.13. The molecule has 0 atom stereocenters. The van der Waals surface area contributed by atoms with Gasteiger partial charge in [-0.2, -0.15) is 0 Å². The van der Waals surface area contributed by atoms with Crippen LogP contribution in [0.5, 0.6) is 23.3 Å². The topological polar surface area (TPSA) is 53.5 Å². The van der Waals surface area contributed by atoms with E-state index in [-0.39, 0.29) is 0 Å². The maximum absolute atomic E-state index is 6.03. The Balaban J connectivity index is 1.50. The Bertz CT molecular complexity index is 1070. The highest BCUT2D eigenvalue weighted by Crippen LogP contribution is 2.35. The molecule has 5 heteroatoms. The van der Waals surface area contributed by atoms with Gasteiger partial charge in [-0.3, -0.25) is 0 Å². The van der Waals surface area contributed by atoms with Crippen LogP contribution in [0.2, 0.25) is 0 Å². The number of rotatable bonds is 7. The predicted octanol–water partition coefficient (Wildman–Crippen LogP) is 5.52. The lowest BCUT2D eigenvalue weighted by atomic mass is 10.1. The average Bonchev–Trinajstić information content (AvgIpc) is 2.80. The smallest absolute Gasteiger partial charge is 0.227 e. The van der Waals surface area contributed by atoms with E-state index in [2.05, 4.69) is 9.97 Å². The fraction of sp³-hybridized carbons (Fsp3) is 0.0833. The van der Waals surface area contributed by atoms with Gasteiger partial charge in [-0.1, -0.05) is 30.3 Å². The number of benzene rings is 2. The molecule has 2 heterocycles. The SMILES string of the molecule is COc1ncccc1-c1cccnc1Oc1ccc(OCc2ccccc2)cc1. The molecule has 2 aromatic carbocycles. The fourth-order valence-electron chi connectivity index (χ4n) is 2.89. The summed E-state index contributed by atoms with van der Waals surface area (Å²) >= 11 is 0. The lowest BCUT2D eigenvalue weighted by molar-refractivity contribution is 0.305. The van der Waals surface area contributed by atoms with Gasteiger partial charge in [0.2, 0.25) is 11.8 Å². The molecule has 2 aromatic heterocycles. The maximum atomic E-state index is 6.03. The van der Waals surface area contributed by atoms with Gasteiger partial charge in [-0.05, 0) is 54.1 Å². The van der Waals surface area contributed by atoms with Gasteiger partial charge in [0, 0.05) is 23.5 Å². The second-order valence-corrected chi connectivity index (χ2v) is 6.26. The molecule has 0 N–H and O–H groups in total. The molecule has 0 saturated heterocycles. The number of aromatic nitrogens is 2. The van der Waals surface area contributed by atoms with Crippen molar-refractivity contribution in [1.29, 1.82) is 0 Å². The molecule has 0 spiro atoms. The van der Waals surface area contributed by atoms with Gasteiger partial charge in [-0.15, -0.1) is 0 Å². The summed E-state index contributed by atoms with van der Waals surface area (Å²) in [7, 11) is 1.59. The first kappa shape index (κ1) is 18.5. The molecule has 4 aromatic rings. The number of ether oxygens (including phenoxy) is 3. The molecule has 0 aliphatic heterocycles. The third-order valence-electron chi connectivity index (χ3n) is 4.31. The monoisotopic (exact) mass is 384 g/mol. The number of hydrogen-bond donors (Lipinski definition) is 0. The van der Waals surface area contributed by atoms with Crippen LogP contribution in [0, 0.1) is 0 Å². The molecule has 0 bridgehead atoms. The van der Waals surface area contributed by atoms with Gasteiger partial charge >= 0.3 is 0 Å². The van der Waals surface area contributed by atoms with Crippen LogP contribution in [-0.4, -0.2) is 17.1 Å². The van der Waals surface area contributed by atoms with Crippen molar-refractivity contribution < 1.29 is 14.2 Å². The first-order valence-electron chi connectivity index (χ1n) is 9.22. The van der Waals surface area contributed by atoms with Gasteiger partial charge in [0.05, 0.1) is 7.11 Å². The van der Waals surface area contributed by atoms with Gasteiger partial charge in [0.15, 0.2) is 0 Å². The Morgan fingerprint density at radius 2 is 1.28 bits per heavy atom. The molecule has 0 amide bonds. The summed E-state index contributed by atoms with van der Waals surface area (Å²) in [6, 6.07) is 25.1. The zero-order chi connectivity index (χ0) is 19.9. The second-order valence-electron chi connectivity index (χ2n) is 6.26. The largest absolute Gasteiger partial charge is 0.489 e. The average molecular weight is 384 g/mol. The van der Waals surface area contributed by atoms with E-state index in [9.17, 15) is 0 Å². The zero-order valence-electron chi connectivity index (χ0n) is 16.0. The first-order valence-corrected chi connectivity index (χ1v) is 9.22. The molecule has 4 rings (SSSR count). The lowest BCUT2D eigenvalue weighted by Gasteiger charge is -2.12. The number of methoxy groups -OCH3 is 1. The Kier molecular flexibility index (Phi) is 5.67. The van der Waals surface area contributed by atoms with Crippen LogP contribution >= 0.6 is 0 Å². The molecule has 0 aliphatic rings. The van der Waals surface area contributed by atoms with Crippen molar-refractivity contribution in [3.8, 4) is 34.4 Å². The summed E-state index contributed by atoms with van der Waals surface area (Å²) in [5, 5.41) is 0. The summed E-state index contributed by atoms with van der Waals surface area (Å²) in [5.74, 6) is 2.45. The Morgan fingerprint density at radius 3 is 1.97 bits per heavy atom. The highest BCUT2D eigenvalue weighted by atomic mass is 16.5. The van der Waals surface area contributed by atoms with Gasteiger partial charge < -0.3 is 14.2 Å². The summed E-state index contributed by atoms with van der Waals surface area (Å²) in [4.78, 5) is 8.64. The van der Waals surface area contributed by atoms with Crippen LogP contribution in [0.1, 0.15) is 5.56 Å².